The number of morpholine rings is 1. The Morgan fingerprint density at radius 3 is 2.75 bits per heavy atom. The number of hydrogen-bond donors (Lipinski definition) is 1. The van der Waals surface area contributed by atoms with Crippen LogP contribution in [0.25, 0.3) is 0 Å². The molecule has 116 valence electrons. The zero-order valence-electron chi connectivity index (χ0n) is 11.2. The van der Waals surface area contributed by atoms with Gasteiger partial charge < -0.3 is 9.84 Å². The molecule has 4 nitrogen and oxygen atoms in total. The summed E-state index contributed by atoms with van der Waals surface area (Å²) in [5.74, 6) is -2.19. The fraction of sp³-hybridized carbons (Fsp3) is 0.923. The van der Waals surface area contributed by atoms with E-state index in [9.17, 15) is 18.0 Å². The van der Waals surface area contributed by atoms with Gasteiger partial charge in [0.25, 0.3) is 0 Å². The number of ether oxygens (including phenoxy) is 1. The Morgan fingerprint density at radius 2 is 2.10 bits per heavy atom. The fourth-order valence-corrected chi connectivity index (χ4v) is 3.29. The van der Waals surface area contributed by atoms with Gasteiger partial charge in [0.1, 0.15) is 0 Å². The van der Waals surface area contributed by atoms with Crippen molar-refractivity contribution in [2.24, 2.45) is 5.92 Å². The molecule has 1 aliphatic heterocycles. The van der Waals surface area contributed by atoms with Crippen LogP contribution in [0, 0.1) is 5.92 Å². The van der Waals surface area contributed by atoms with Gasteiger partial charge >= 0.3 is 12.1 Å². The summed E-state index contributed by atoms with van der Waals surface area (Å²) in [6.07, 6.45) is -2.69. The molecule has 1 aliphatic carbocycles. The van der Waals surface area contributed by atoms with Gasteiger partial charge in [0.2, 0.25) is 0 Å². The highest BCUT2D eigenvalue weighted by molar-refractivity contribution is 5.67. The molecule has 1 saturated carbocycles. The molecule has 0 aromatic carbocycles. The fourth-order valence-electron chi connectivity index (χ4n) is 3.29. The third-order valence-electron chi connectivity index (χ3n) is 4.26. The quantitative estimate of drug-likeness (QED) is 0.868. The average molecular weight is 295 g/mol. The van der Waals surface area contributed by atoms with Crippen molar-refractivity contribution in [3.8, 4) is 0 Å². The molecule has 2 rings (SSSR count). The van der Waals surface area contributed by atoms with Crippen LogP contribution < -0.4 is 0 Å². The van der Waals surface area contributed by atoms with Crippen LogP contribution in [0.15, 0.2) is 0 Å². The first-order valence-electron chi connectivity index (χ1n) is 7.00. The van der Waals surface area contributed by atoms with E-state index in [4.69, 9.17) is 9.84 Å². The summed E-state index contributed by atoms with van der Waals surface area (Å²) in [6.45, 7) is 1.27. The largest absolute Gasteiger partial charge is 0.481 e. The number of aliphatic carboxylic acids is 1. The lowest BCUT2D eigenvalue weighted by Crippen LogP contribution is -2.53. The SMILES string of the molecule is O=C(O)CC1COCCN1C1CCCC(C(F)(F)F)C1. The molecule has 3 unspecified atom stereocenters. The third-order valence-corrected chi connectivity index (χ3v) is 4.26. The second kappa shape index (κ2) is 6.30. The first kappa shape index (κ1) is 15.6. The van der Waals surface area contributed by atoms with E-state index in [2.05, 4.69) is 0 Å². The Bertz CT molecular complexity index is 348. The number of hydrogen-bond acceptors (Lipinski definition) is 3. The molecular weight excluding hydrogens is 275 g/mol. The summed E-state index contributed by atoms with van der Waals surface area (Å²) in [6, 6.07) is -0.484. The van der Waals surface area contributed by atoms with E-state index in [0.717, 1.165) is 0 Å². The van der Waals surface area contributed by atoms with Crippen LogP contribution >= 0.6 is 0 Å². The third kappa shape index (κ3) is 3.85. The Hall–Kier alpha value is -0.820. The van der Waals surface area contributed by atoms with E-state index in [1.165, 1.54) is 0 Å². The van der Waals surface area contributed by atoms with Gasteiger partial charge in [-0.2, -0.15) is 13.2 Å². The Labute approximate surface area is 115 Å². The molecule has 20 heavy (non-hydrogen) atoms. The van der Waals surface area contributed by atoms with Crippen molar-refractivity contribution in [1.82, 2.24) is 4.90 Å². The van der Waals surface area contributed by atoms with E-state index < -0.39 is 18.1 Å². The maximum Gasteiger partial charge on any atom is 0.391 e. The second-order valence-corrected chi connectivity index (χ2v) is 5.62. The normalized spacial score (nSPS) is 33.0. The van der Waals surface area contributed by atoms with Crippen LogP contribution in [0.2, 0.25) is 0 Å². The number of halogens is 3. The average Bonchev–Trinajstić information content (AvgIpc) is 2.38. The van der Waals surface area contributed by atoms with E-state index >= 15 is 0 Å². The summed E-state index contributed by atoms with van der Waals surface area (Å²) in [5.41, 5.74) is 0. The van der Waals surface area contributed by atoms with Gasteiger partial charge in [0.05, 0.1) is 25.6 Å². The number of rotatable bonds is 3. The molecule has 7 heteroatoms. The minimum atomic E-state index is -4.15. The number of carboxylic acids is 1. The number of alkyl halides is 3. The predicted octanol–water partition coefficient (Wildman–Crippen LogP) is 2.28. The summed E-state index contributed by atoms with van der Waals surface area (Å²) in [4.78, 5) is 12.8. The van der Waals surface area contributed by atoms with Crippen LogP contribution in [-0.4, -0.2) is 54.0 Å². The lowest BCUT2D eigenvalue weighted by Gasteiger charge is -2.44. The molecule has 0 amide bonds. The van der Waals surface area contributed by atoms with Gasteiger partial charge in [-0.05, 0) is 19.3 Å². The van der Waals surface area contributed by atoms with E-state index in [-0.39, 0.29) is 31.3 Å². The van der Waals surface area contributed by atoms with E-state index in [1.54, 1.807) is 0 Å². The second-order valence-electron chi connectivity index (χ2n) is 5.62. The van der Waals surface area contributed by atoms with Crippen molar-refractivity contribution in [3.05, 3.63) is 0 Å². The molecule has 0 bridgehead atoms. The molecule has 0 aromatic heterocycles. The molecule has 0 radical (unpaired) electrons. The van der Waals surface area contributed by atoms with Crippen LogP contribution in [0.1, 0.15) is 32.1 Å². The zero-order valence-corrected chi connectivity index (χ0v) is 11.2. The minimum Gasteiger partial charge on any atom is -0.481 e. The van der Waals surface area contributed by atoms with Crippen LogP contribution in [-0.2, 0) is 9.53 Å². The van der Waals surface area contributed by atoms with Gasteiger partial charge in [-0.25, -0.2) is 0 Å². The van der Waals surface area contributed by atoms with Gasteiger partial charge in [-0.1, -0.05) is 6.42 Å². The molecule has 1 saturated heterocycles. The van der Waals surface area contributed by atoms with Crippen molar-refractivity contribution in [2.45, 2.75) is 50.4 Å². The Morgan fingerprint density at radius 1 is 1.35 bits per heavy atom. The summed E-state index contributed by atoms with van der Waals surface area (Å²) in [7, 11) is 0. The highest BCUT2D eigenvalue weighted by atomic mass is 19.4. The topological polar surface area (TPSA) is 49.8 Å². The first-order valence-corrected chi connectivity index (χ1v) is 7.00. The zero-order chi connectivity index (χ0) is 14.8. The van der Waals surface area contributed by atoms with E-state index in [1.807, 2.05) is 4.90 Å². The van der Waals surface area contributed by atoms with Crippen LogP contribution in [0.3, 0.4) is 0 Å². The summed E-state index contributed by atoms with van der Waals surface area (Å²) in [5, 5.41) is 8.90. The van der Waals surface area contributed by atoms with Crippen LogP contribution in [0.5, 0.6) is 0 Å². The minimum absolute atomic E-state index is 0.0762. The molecule has 0 spiro atoms. The molecule has 0 aromatic rings. The standard InChI is InChI=1S/C13H20F3NO3/c14-13(15,16)9-2-1-3-10(6-9)17-4-5-20-8-11(17)7-12(18)19/h9-11H,1-8H2,(H,18,19). The summed E-state index contributed by atoms with van der Waals surface area (Å²) < 4.78 is 43.8. The van der Waals surface area contributed by atoms with Crippen molar-refractivity contribution in [3.63, 3.8) is 0 Å². The maximum absolute atomic E-state index is 12.9. The monoisotopic (exact) mass is 295 g/mol. The lowest BCUT2D eigenvalue weighted by atomic mass is 9.83. The van der Waals surface area contributed by atoms with Gasteiger partial charge in [-0.15, -0.1) is 0 Å². The molecule has 2 aliphatic rings. The summed E-state index contributed by atoms with van der Waals surface area (Å²) >= 11 is 0. The van der Waals surface area contributed by atoms with Gasteiger partial charge in [-0.3, -0.25) is 9.69 Å². The number of carboxylic acid groups (broad SMARTS) is 1. The molecule has 2 fully saturated rings. The van der Waals surface area contributed by atoms with E-state index in [0.29, 0.717) is 32.6 Å². The van der Waals surface area contributed by atoms with Crippen molar-refractivity contribution in [1.29, 1.82) is 0 Å². The van der Waals surface area contributed by atoms with Crippen molar-refractivity contribution >= 4 is 5.97 Å². The lowest BCUT2D eigenvalue weighted by molar-refractivity contribution is -0.189. The number of nitrogens with zero attached hydrogens (tertiary/aromatic N) is 1. The van der Waals surface area contributed by atoms with Crippen molar-refractivity contribution < 1.29 is 27.8 Å². The van der Waals surface area contributed by atoms with Crippen molar-refractivity contribution in [2.75, 3.05) is 19.8 Å². The van der Waals surface area contributed by atoms with Gasteiger partial charge in [0, 0.05) is 18.6 Å². The van der Waals surface area contributed by atoms with Crippen LogP contribution in [0.4, 0.5) is 13.2 Å². The predicted molar refractivity (Wildman–Crippen MR) is 65.4 cm³/mol. The Balaban J connectivity index is 2.02. The molecule has 3 atom stereocenters. The maximum atomic E-state index is 12.9. The molecule has 1 heterocycles. The smallest absolute Gasteiger partial charge is 0.391 e. The highest BCUT2D eigenvalue weighted by Crippen LogP contribution is 2.39. The molecule has 1 N–H and O–H groups in total. The Kier molecular flexibility index (Phi) is 4.90. The highest BCUT2D eigenvalue weighted by Gasteiger charge is 2.44. The molecular formula is C13H20F3NO3. The first-order chi connectivity index (χ1) is 9.38. The number of carbonyl (C=O) groups is 1. The van der Waals surface area contributed by atoms with Gasteiger partial charge in [0.15, 0.2) is 0 Å².